The van der Waals surface area contributed by atoms with Crippen molar-refractivity contribution in [3.8, 4) is 0 Å². The molecule has 0 aliphatic carbocycles. The number of nitrogens with two attached hydrogens (primary N) is 1. The molecule has 0 fully saturated rings. The number of halogens is 4. The van der Waals surface area contributed by atoms with E-state index in [2.05, 4.69) is 12.2 Å². The van der Waals surface area contributed by atoms with Crippen LogP contribution < -0.4 is 31.7 Å². The van der Waals surface area contributed by atoms with Crippen molar-refractivity contribution in [2.24, 2.45) is 5.73 Å². The fourth-order valence-electron chi connectivity index (χ4n) is 0.899. The molecule has 16 heavy (non-hydrogen) atoms. The summed E-state index contributed by atoms with van der Waals surface area (Å²) in [4.78, 5) is 21.9. The van der Waals surface area contributed by atoms with Crippen LogP contribution in [0.25, 0.3) is 0 Å². The van der Waals surface area contributed by atoms with E-state index in [0.29, 0.717) is 0 Å². The Morgan fingerprint density at radius 2 is 2.12 bits per heavy atom. The van der Waals surface area contributed by atoms with Gasteiger partial charge in [0, 0.05) is 0 Å². The summed E-state index contributed by atoms with van der Waals surface area (Å²) in [5.41, 5.74) is 3.22. The van der Waals surface area contributed by atoms with E-state index >= 15 is 0 Å². The minimum absolute atomic E-state index is 0.0794. The zero-order chi connectivity index (χ0) is 12.8. The Labute approximate surface area is 118 Å². The molecule has 0 heterocycles. The molecule has 2 unspecified atom stereocenters. The molecule has 1 amide bonds. The summed E-state index contributed by atoms with van der Waals surface area (Å²) in [7, 11) is 0. The molecule has 0 aromatic rings. The molecule has 0 spiro atoms. The number of hydrogen-bond acceptors (Lipinski definition) is 3. The van der Waals surface area contributed by atoms with Gasteiger partial charge in [0.05, 0.1) is 0 Å². The van der Waals surface area contributed by atoms with E-state index < -0.39 is 36.4 Å². The molecule has 0 radical (unpaired) electrons. The van der Waals surface area contributed by atoms with Crippen LogP contribution in [0, 0.1) is 0 Å². The molecule has 0 saturated heterocycles. The fraction of sp³-hybridized carbons (Fsp3) is 0.714. The number of alkyl halides is 2. The molecule has 0 aliphatic heterocycles. The molecule has 0 aromatic heterocycles. The number of hydrogen-bond donors (Lipinski definition) is 2. The molecule has 0 aliphatic rings. The van der Waals surface area contributed by atoms with E-state index in [1.165, 1.54) is 22.6 Å². The minimum atomic E-state index is -2.89. The summed E-state index contributed by atoms with van der Waals surface area (Å²) in [6.07, 6.45) is -2.76. The Morgan fingerprint density at radius 3 is 2.50 bits per heavy atom. The second kappa shape index (κ2) is 8.04. The monoisotopic (exact) mass is 479 g/mol. The van der Waals surface area contributed by atoms with Gasteiger partial charge in [-0.3, -0.25) is 0 Å². The first-order valence-corrected chi connectivity index (χ1v) is 10.6. The van der Waals surface area contributed by atoms with Gasteiger partial charge in [-0.15, -0.1) is 0 Å². The van der Waals surface area contributed by atoms with Crippen molar-refractivity contribution in [3.63, 3.8) is 0 Å². The van der Waals surface area contributed by atoms with Gasteiger partial charge in [0.15, 0.2) is 0 Å². The van der Waals surface area contributed by atoms with Gasteiger partial charge in [-0.25, -0.2) is 0 Å². The van der Waals surface area contributed by atoms with Crippen LogP contribution in [0.5, 0.6) is 0 Å². The molecule has 0 bridgehead atoms. The molecule has 0 aromatic carbocycles. The van der Waals surface area contributed by atoms with E-state index in [-0.39, 0.29) is 23.3 Å². The average molecular weight is 479 g/mol. The number of rotatable bonds is 7. The van der Waals surface area contributed by atoms with Crippen molar-refractivity contribution >= 4 is 37.2 Å². The Bertz CT molecular complexity index is 271. The summed E-state index contributed by atoms with van der Waals surface area (Å²) in [6.45, 7) is 2.62. The van der Waals surface area contributed by atoms with Crippen LogP contribution in [0.2, 0.25) is 0 Å². The van der Waals surface area contributed by atoms with Crippen LogP contribution in [-0.2, 0) is 4.79 Å². The van der Waals surface area contributed by atoms with E-state index in [4.69, 9.17) is 5.73 Å². The van der Waals surface area contributed by atoms with Gasteiger partial charge in [-0.1, -0.05) is 0 Å². The summed E-state index contributed by atoms with van der Waals surface area (Å²) in [5, 5.41) is 2.56. The van der Waals surface area contributed by atoms with Crippen LogP contribution in [0.1, 0.15) is 12.8 Å². The van der Waals surface area contributed by atoms with Gasteiger partial charge in [-0.2, -0.15) is 0 Å². The van der Waals surface area contributed by atoms with E-state index in [9.17, 15) is 18.4 Å². The summed E-state index contributed by atoms with van der Waals surface area (Å²) >= 11 is 0.671. The number of nitrogens with one attached hydrogen (secondary N) is 1. The number of carbonyl (C=O) groups is 2. The predicted molar refractivity (Wildman–Crippen MR) is 64.3 cm³/mol. The predicted octanol–water partition coefficient (Wildman–Crippen LogP) is -1.72. The molecule has 2 atom stereocenters. The Balaban J connectivity index is 4.06. The van der Waals surface area contributed by atoms with Crippen LogP contribution in [0.15, 0.2) is 0 Å². The second-order valence-corrected chi connectivity index (χ2v) is 7.07. The van der Waals surface area contributed by atoms with Crippen molar-refractivity contribution in [2.45, 2.75) is 24.8 Å². The zero-order valence-electron chi connectivity index (χ0n) is 8.18. The molecular formula is C7H12F2I2N2O2P-. The van der Waals surface area contributed by atoms with Crippen molar-refractivity contribution in [1.82, 2.24) is 5.32 Å². The average Bonchev–Trinajstić information content (AvgIpc) is 2.22. The first-order valence-electron chi connectivity index (χ1n) is 4.23. The van der Waals surface area contributed by atoms with Crippen LogP contribution >= 0.6 is 29.5 Å². The maximum atomic E-state index is 12.6. The third-order valence-electron chi connectivity index (χ3n) is 1.89. The molecule has 9 heteroatoms. The van der Waals surface area contributed by atoms with E-state index in [1.807, 2.05) is 0 Å². The third kappa shape index (κ3) is 5.46. The quantitative estimate of drug-likeness (QED) is 0.150. The maximum absolute atomic E-state index is 12.6. The van der Waals surface area contributed by atoms with Crippen LogP contribution in [0.3, 0.4) is 0 Å². The Kier molecular flexibility index (Phi) is 8.47. The molecule has 0 saturated carbocycles. The van der Waals surface area contributed by atoms with Gasteiger partial charge in [0.1, 0.15) is 0 Å². The van der Waals surface area contributed by atoms with Crippen molar-refractivity contribution in [1.29, 1.82) is 0 Å². The van der Waals surface area contributed by atoms with Crippen LogP contribution in [-0.4, -0.2) is 26.2 Å². The SMILES string of the molecule is NC(CCCNC(=O)[I-]P)(C(=O)I)C(F)F. The normalized spacial score (nSPS) is 14.9. The van der Waals surface area contributed by atoms with Crippen LogP contribution in [0.4, 0.5) is 13.6 Å². The summed E-state index contributed by atoms with van der Waals surface area (Å²) in [5.74, 6) is 0. The van der Waals surface area contributed by atoms with Gasteiger partial charge in [-0.05, 0) is 0 Å². The van der Waals surface area contributed by atoms with Crippen molar-refractivity contribution < 1.29 is 39.0 Å². The van der Waals surface area contributed by atoms with Gasteiger partial charge in [0.2, 0.25) is 0 Å². The zero-order valence-corrected chi connectivity index (χ0v) is 13.7. The number of carbonyl (C=O) groups excluding carboxylic acids is 2. The Morgan fingerprint density at radius 1 is 1.56 bits per heavy atom. The topological polar surface area (TPSA) is 72.2 Å². The fourth-order valence-corrected chi connectivity index (χ4v) is 2.41. The summed E-state index contributed by atoms with van der Waals surface area (Å²) in [6, 6.07) is 0. The molecule has 96 valence electrons. The third-order valence-corrected chi connectivity index (χ3v) is 5.17. The van der Waals surface area contributed by atoms with Gasteiger partial charge < -0.3 is 0 Å². The molecule has 0 rings (SSSR count). The van der Waals surface area contributed by atoms with E-state index in [1.54, 1.807) is 0 Å². The van der Waals surface area contributed by atoms with Crippen molar-refractivity contribution in [3.05, 3.63) is 0 Å². The number of amides is 1. The van der Waals surface area contributed by atoms with Gasteiger partial charge in [0.25, 0.3) is 0 Å². The first kappa shape index (κ1) is 16.9. The molecule has 4 nitrogen and oxygen atoms in total. The van der Waals surface area contributed by atoms with Gasteiger partial charge >= 0.3 is 119 Å². The molecule has 3 N–H and O–H groups in total. The molecular weight excluding hydrogens is 467 g/mol. The summed E-state index contributed by atoms with van der Waals surface area (Å²) < 4.78 is 24.3. The van der Waals surface area contributed by atoms with E-state index in [0.717, 1.165) is 0 Å². The van der Waals surface area contributed by atoms with Crippen molar-refractivity contribution in [2.75, 3.05) is 6.54 Å². The second-order valence-electron chi connectivity index (χ2n) is 3.03. The first-order chi connectivity index (χ1) is 7.34. The Hall–Kier alpha value is 0.850. The standard InChI is InChI=1S/C7H12F2I2N2O2P/c8-4(9)7(12,5(10)14)2-1-3-13-6(15)11-16/h4H,1-3,12,16H2,(H,13,15)/q-1.